The molecule has 1 aromatic carbocycles. The number of hydrogen-bond acceptors (Lipinski definition) is 6. The molecular weight excluding hydrogens is 376 g/mol. The van der Waals surface area contributed by atoms with Gasteiger partial charge in [0.25, 0.3) is 0 Å². The number of methoxy groups -OCH3 is 1. The van der Waals surface area contributed by atoms with Crippen LogP contribution in [0.5, 0.6) is 0 Å². The summed E-state index contributed by atoms with van der Waals surface area (Å²) < 4.78 is 7.11. The molecule has 0 N–H and O–H groups in total. The van der Waals surface area contributed by atoms with Gasteiger partial charge in [0, 0.05) is 44.0 Å². The van der Waals surface area contributed by atoms with E-state index in [1.165, 1.54) is 11.3 Å². The van der Waals surface area contributed by atoms with E-state index in [0.717, 1.165) is 56.3 Å². The van der Waals surface area contributed by atoms with Crippen molar-refractivity contribution < 1.29 is 4.74 Å². The Morgan fingerprint density at radius 1 is 1.21 bits per heavy atom. The van der Waals surface area contributed by atoms with Crippen molar-refractivity contribution in [3.8, 4) is 0 Å². The van der Waals surface area contributed by atoms with E-state index in [9.17, 15) is 0 Å². The summed E-state index contributed by atoms with van der Waals surface area (Å²) in [7, 11) is 1.70. The number of nitrogens with zero attached hydrogens (tertiary/aromatic N) is 6. The van der Waals surface area contributed by atoms with Crippen LogP contribution in [0, 0.1) is 6.92 Å². The SMILES string of the molecule is CCCC[C@@H](c1nnnn1CCOC)N1CCN(c2cc(Cl)ccc2C)CC1. The van der Waals surface area contributed by atoms with Crippen molar-refractivity contribution in [2.75, 3.05) is 44.8 Å². The number of benzene rings is 1. The van der Waals surface area contributed by atoms with Crippen LogP contribution >= 0.6 is 11.6 Å². The van der Waals surface area contributed by atoms with Crippen LogP contribution in [0.2, 0.25) is 5.02 Å². The minimum Gasteiger partial charge on any atom is -0.383 e. The fourth-order valence-corrected chi connectivity index (χ4v) is 4.02. The van der Waals surface area contributed by atoms with Gasteiger partial charge < -0.3 is 9.64 Å². The first kappa shape index (κ1) is 21.0. The first-order chi connectivity index (χ1) is 13.6. The summed E-state index contributed by atoms with van der Waals surface area (Å²) in [5.74, 6) is 0.956. The zero-order chi connectivity index (χ0) is 19.9. The third kappa shape index (κ3) is 5.01. The van der Waals surface area contributed by atoms with Gasteiger partial charge in [-0.1, -0.05) is 37.4 Å². The topological polar surface area (TPSA) is 59.3 Å². The molecule has 7 nitrogen and oxygen atoms in total. The molecule has 2 heterocycles. The monoisotopic (exact) mass is 406 g/mol. The first-order valence-electron chi connectivity index (χ1n) is 10.1. The molecule has 0 unspecified atom stereocenters. The fraction of sp³-hybridized carbons (Fsp3) is 0.650. The maximum atomic E-state index is 6.23. The van der Waals surface area contributed by atoms with Crippen molar-refractivity contribution in [3.05, 3.63) is 34.6 Å². The number of rotatable bonds is 9. The van der Waals surface area contributed by atoms with Gasteiger partial charge in [-0.2, -0.15) is 0 Å². The molecule has 154 valence electrons. The van der Waals surface area contributed by atoms with Gasteiger partial charge in [-0.15, -0.1) is 5.10 Å². The van der Waals surface area contributed by atoms with Gasteiger partial charge in [0.15, 0.2) is 5.82 Å². The Kier molecular flexibility index (Phi) is 7.65. The highest BCUT2D eigenvalue weighted by molar-refractivity contribution is 6.30. The summed E-state index contributed by atoms with van der Waals surface area (Å²) in [4.78, 5) is 4.96. The highest BCUT2D eigenvalue weighted by Crippen LogP contribution is 2.29. The Morgan fingerprint density at radius 2 is 2.00 bits per heavy atom. The lowest BCUT2D eigenvalue weighted by atomic mass is 10.1. The lowest BCUT2D eigenvalue weighted by molar-refractivity contribution is 0.152. The molecule has 3 rings (SSSR count). The highest BCUT2D eigenvalue weighted by Gasteiger charge is 2.29. The lowest BCUT2D eigenvalue weighted by Crippen LogP contribution is -2.48. The third-order valence-corrected chi connectivity index (χ3v) is 5.70. The van der Waals surface area contributed by atoms with Gasteiger partial charge in [-0.25, -0.2) is 4.68 Å². The van der Waals surface area contributed by atoms with Crippen molar-refractivity contribution >= 4 is 17.3 Å². The van der Waals surface area contributed by atoms with E-state index in [1.807, 2.05) is 10.7 Å². The standard InChI is InChI=1S/C20H31ClN6O/c1-4-5-6-18(20-22-23-24-27(20)13-14-28-3)25-9-11-26(12-10-25)19-15-17(21)8-7-16(19)2/h7-8,15,18H,4-6,9-14H2,1-3H3/t18-/m0/s1. The number of halogens is 1. The average molecular weight is 407 g/mol. The molecule has 0 aliphatic carbocycles. The van der Waals surface area contributed by atoms with Crippen molar-refractivity contribution in [2.45, 2.75) is 45.7 Å². The molecule has 28 heavy (non-hydrogen) atoms. The Labute approximate surface area is 172 Å². The van der Waals surface area contributed by atoms with E-state index < -0.39 is 0 Å². The molecule has 0 spiro atoms. The summed E-state index contributed by atoms with van der Waals surface area (Å²) in [6.07, 6.45) is 3.40. The predicted octanol–water partition coefficient (Wildman–Crippen LogP) is 3.33. The van der Waals surface area contributed by atoms with E-state index in [4.69, 9.17) is 16.3 Å². The molecule has 1 atom stereocenters. The molecule has 1 aliphatic heterocycles. The van der Waals surface area contributed by atoms with E-state index >= 15 is 0 Å². The van der Waals surface area contributed by atoms with Crippen LogP contribution in [-0.2, 0) is 11.3 Å². The van der Waals surface area contributed by atoms with Gasteiger partial charge in [0.1, 0.15) is 0 Å². The van der Waals surface area contributed by atoms with Crippen molar-refractivity contribution in [2.24, 2.45) is 0 Å². The van der Waals surface area contributed by atoms with E-state index in [1.54, 1.807) is 7.11 Å². The highest BCUT2D eigenvalue weighted by atomic mass is 35.5. The molecule has 0 amide bonds. The second kappa shape index (κ2) is 10.2. The molecule has 1 aromatic heterocycles. The third-order valence-electron chi connectivity index (χ3n) is 5.46. The predicted molar refractivity (Wildman–Crippen MR) is 112 cm³/mol. The van der Waals surface area contributed by atoms with Crippen LogP contribution in [0.25, 0.3) is 0 Å². The van der Waals surface area contributed by atoms with E-state index in [0.29, 0.717) is 13.2 Å². The molecule has 8 heteroatoms. The smallest absolute Gasteiger partial charge is 0.168 e. The minimum absolute atomic E-state index is 0.245. The second-order valence-electron chi connectivity index (χ2n) is 7.36. The van der Waals surface area contributed by atoms with Gasteiger partial charge >= 0.3 is 0 Å². The zero-order valence-electron chi connectivity index (χ0n) is 17.1. The van der Waals surface area contributed by atoms with Crippen LogP contribution in [0.4, 0.5) is 5.69 Å². The summed E-state index contributed by atoms with van der Waals surface area (Å²) in [5.41, 5.74) is 2.51. The number of hydrogen-bond donors (Lipinski definition) is 0. The Balaban J connectivity index is 1.71. The number of tetrazole rings is 1. The fourth-order valence-electron chi connectivity index (χ4n) is 3.86. The number of ether oxygens (including phenoxy) is 1. The molecule has 0 bridgehead atoms. The minimum atomic E-state index is 0.245. The number of piperazine rings is 1. The van der Waals surface area contributed by atoms with Crippen LogP contribution in [0.3, 0.4) is 0 Å². The summed E-state index contributed by atoms with van der Waals surface area (Å²) in [6.45, 7) is 9.59. The van der Waals surface area contributed by atoms with Gasteiger partial charge in [0.05, 0.1) is 19.2 Å². The largest absolute Gasteiger partial charge is 0.383 e. The van der Waals surface area contributed by atoms with Crippen molar-refractivity contribution in [1.82, 2.24) is 25.1 Å². The summed E-state index contributed by atoms with van der Waals surface area (Å²) >= 11 is 6.23. The number of unbranched alkanes of at least 4 members (excludes halogenated alkanes) is 1. The molecule has 1 fully saturated rings. The summed E-state index contributed by atoms with van der Waals surface area (Å²) in [6, 6.07) is 6.37. The Bertz CT molecular complexity index is 744. The van der Waals surface area contributed by atoms with Crippen LogP contribution in [0.1, 0.15) is 43.6 Å². The molecule has 1 aliphatic rings. The quantitative estimate of drug-likeness (QED) is 0.636. The van der Waals surface area contributed by atoms with E-state index in [-0.39, 0.29) is 6.04 Å². The van der Waals surface area contributed by atoms with Crippen molar-refractivity contribution in [1.29, 1.82) is 0 Å². The van der Waals surface area contributed by atoms with Crippen molar-refractivity contribution in [3.63, 3.8) is 0 Å². The van der Waals surface area contributed by atoms with Gasteiger partial charge in [-0.3, -0.25) is 4.90 Å². The number of aryl methyl sites for hydroxylation is 1. The molecular formula is C20H31ClN6O. The van der Waals surface area contributed by atoms with E-state index in [2.05, 4.69) is 51.3 Å². The molecule has 0 saturated carbocycles. The number of aromatic nitrogens is 4. The zero-order valence-corrected chi connectivity index (χ0v) is 17.9. The molecule has 0 radical (unpaired) electrons. The average Bonchev–Trinajstić information content (AvgIpc) is 3.17. The molecule has 1 saturated heterocycles. The second-order valence-corrected chi connectivity index (χ2v) is 7.80. The normalized spacial score (nSPS) is 16.5. The maximum Gasteiger partial charge on any atom is 0.168 e. The number of anilines is 1. The van der Waals surface area contributed by atoms with Crippen LogP contribution in [0.15, 0.2) is 18.2 Å². The van der Waals surface area contributed by atoms with Crippen LogP contribution < -0.4 is 4.90 Å². The van der Waals surface area contributed by atoms with Crippen LogP contribution in [-0.4, -0.2) is 65.0 Å². The Morgan fingerprint density at radius 3 is 2.71 bits per heavy atom. The van der Waals surface area contributed by atoms with Gasteiger partial charge in [-0.05, 0) is 41.5 Å². The molecule has 2 aromatic rings. The summed E-state index contributed by atoms with van der Waals surface area (Å²) in [5, 5.41) is 13.3. The first-order valence-corrected chi connectivity index (χ1v) is 10.5. The lowest BCUT2D eigenvalue weighted by Gasteiger charge is -2.40. The Hall–Kier alpha value is -1.70. The van der Waals surface area contributed by atoms with Gasteiger partial charge in [0.2, 0.25) is 0 Å². The maximum absolute atomic E-state index is 6.23.